The summed E-state index contributed by atoms with van der Waals surface area (Å²) in [4.78, 5) is 8.88. The number of benzene rings is 3. The van der Waals surface area contributed by atoms with Gasteiger partial charge in [0.2, 0.25) is 5.89 Å². The predicted octanol–water partition coefficient (Wildman–Crippen LogP) is 6.21. The van der Waals surface area contributed by atoms with Gasteiger partial charge in [-0.25, -0.2) is 4.98 Å². The number of hydrogen-bond donors (Lipinski definition) is 1. The summed E-state index contributed by atoms with van der Waals surface area (Å²) < 4.78 is 6.45. The lowest BCUT2D eigenvalue weighted by Gasteiger charge is -2.03. The first kappa shape index (κ1) is 17.1. The number of halogens is 2. The molecule has 4 aromatic rings. The van der Waals surface area contributed by atoms with Crippen molar-refractivity contribution in [3.05, 3.63) is 74.8 Å². The molecule has 0 atom stereocenters. The molecule has 0 aliphatic heterocycles. The molecule has 0 aliphatic carbocycles. The van der Waals surface area contributed by atoms with Crippen LogP contribution < -0.4 is 0 Å². The summed E-state index contributed by atoms with van der Waals surface area (Å²) in [6, 6.07) is 18.6. The van der Waals surface area contributed by atoms with Crippen LogP contribution in [0.5, 0.6) is 5.75 Å². The summed E-state index contributed by atoms with van der Waals surface area (Å²) in [5.74, 6) is 0.741. The van der Waals surface area contributed by atoms with Gasteiger partial charge < -0.3 is 9.52 Å². The van der Waals surface area contributed by atoms with Crippen molar-refractivity contribution in [3.63, 3.8) is 0 Å². The molecule has 1 heterocycles. The lowest BCUT2D eigenvalue weighted by atomic mass is 10.2. The van der Waals surface area contributed by atoms with E-state index in [2.05, 4.69) is 9.98 Å². The maximum Gasteiger partial charge on any atom is 0.227 e. The van der Waals surface area contributed by atoms with E-state index < -0.39 is 0 Å². The predicted molar refractivity (Wildman–Crippen MR) is 113 cm³/mol. The highest BCUT2D eigenvalue weighted by Gasteiger charge is 2.08. The number of nitrogens with zero attached hydrogens (tertiary/aromatic N) is 2. The molecule has 0 spiro atoms. The van der Waals surface area contributed by atoms with E-state index in [4.69, 9.17) is 16.0 Å². The standard InChI is InChI=1S/C20H12ClIN2O2/c21-14-9-13(19(25)16(22)10-14)11-23-15-7-5-12(6-8-15)20-24-17-3-1-2-4-18(17)26-20/h1-11,25H. The van der Waals surface area contributed by atoms with E-state index in [9.17, 15) is 5.11 Å². The summed E-state index contributed by atoms with van der Waals surface area (Å²) in [5.41, 5.74) is 3.79. The summed E-state index contributed by atoms with van der Waals surface area (Å²) >= 11 is 8.06. The van der Waals surface area contributed by atoms with E-state index in [1.165, 1.54) is 0 Å². The van der Waals surface area contributed by atoms with E-state index >= 15 is 0 Å². The first-order valence-corrected chi connectivity index (χ1v) is 9.24. The van der Waals surface area contributed by atoms with E-state index in [-0.39, 0.29) is 5.75 Å². The molecule has 0 saturated heterocycles. The number of hydrogen-bond acceptors (Lipinski definition) is 4. The van der Waals surface area contributed by atoms with Crippen molar-refractivity contribution in [2.45, 2.75) is 0 Å². The molecular weight excluding hydrogens is 463 g/mol. The largest absolute Gasteiger partial charge is 0.506 e. The zero-order valence-corrected chi connectivity index (χ0v) is 16.3. The third-order valence-corrected chi connectivity index (χ3v) is 4.86. The Morgan fingerprint density at radius 2 is 1.85 bits per heavy atom. The molecular formula is C20H12ClIN2O2. The Balaban J connectivity index is 1.60. The van der Waals surface area contributed by atoms with Gasteiger partial charge in [0.15, 0.2) is 5.58 Å². The number of oxazole rings is 1. The van der Waals surface area contributed by atoms with Crippen LogP contribution in [0.2, 0.25) is 5.02 Å². The molecule has 6 heteroatoms. The van der Waals surface area contributed by atoms with Crippen LogP contribution in [0, 0.1) is 3.57 Å². The third kappa shape index (κ3) is 3.45. The van der Waals surface area contributed by atoms with Crippen LogP contribution in [0.3, 0.4) is 0 Å². The van der Waals surface area contributed by atoms with Crippen LogP contribution in [-0.4, -0.2) is 16.3 Å². The minimum Gasteiger partial charge on any atom is -0.506 e. The van der Waals surface area contributed by atoms with Crippen molar-refractivity contribution in [1.82, 2.24) is 4.98 Å². The molecule has 26 heavy (non-hydrogen) atoms. The van der Waals surface area contributed by atoms with Crippen molar-refractivity contribution < 1.29 is 9.52 Å². The number of phenols is 1. The van der Waals surface area contributed by atoms with Crippen molar-refractivity contribution in [2.24, 2.45) is 4.99 Å². The van der Waals surface area contributed by atoms with Crippen molar-refractivity contribution in [1.29, 1.82) is 0 Å². The molecule has 3 aromatic carbocycles. The SMILES string of the molecule is Oc1c(I)cc(Cl)cc1C=Nc1ccc(-c2nc3ccccc3o2)cc1. The summed E-state index contributed by atoms with van der Waals surface area (Å²) in [6.07, 6.45) is 1.60. The average Bonchev–Trinajstić information content (AvgIpc) is 3.08. The third-order valence-electron chi connectivity index (χ3n) is 3.82. The minimum atomic E-state index is 0.168. The molecule has 128 valence electrons. The Kier molecular flexibility index (Phi) is 4.65. The smallest absolute Gasteiger partial charge is 0.227 e. The number of aromatic hydroxyl groups is 1. The number of para-hydroxylation sites is 2. The highest BCUT2D eigenvalue weighted by molar-refractivity contribution is 14.1. The molecule has 0 aliphatic rings. The second-order valence-corrected chi connectivity index (χ2v) is 7.22. The van der Waals surface area contributed by atoms with Crippen molar-refractivity contribution in [2.75, 3.05) is 0 Å². The van der Waals surface area contributed by atoms with Crippen LogP contribution in [0.1, 0.15) is 5.56 Å². The van der Waals surface area contributed by atoms with Gasteiger partial charge in [-0.1, -0.05) is 23.7 Å². The lowest BCUT2D eigenvalue weighted by molar-refractivity contribution is 0.470. The molecule has 4 rings (SSSR count). The van der Waals surface area contributed by atoms with Crippen molar-refractivity contribution >= 4 is 57.2 Å². The van der Waals surface area contributed by atoms with Gasteiger partial charge in [0.25, 0.3) is 0 Å². The van der Waals surface area contributed by atoms with E-state index in [0.29, 0.717) is 20.0 Å². The van der Waals surface area contributed by atoms with E-state index in [0.717, 1.165) is 22.4 Å². The van der Waals surface area contributed by atoms with Crippen molar-refractivity contribution in [3.8, 4) is 17.2 Å². The first-order valence-electron chi connectivity index (χ1n) is 7.78. The quantitative estimate of drug-likeness (QED) is 0.284. The summed E-state index contributed by atoms with van der Waals surface area (Å²) in [7, 11) is 0. The highest BCUT2D eigenvalue weighted by Crippen LogP contribution is 2.29. The average molecular weight is 475 g/mol. The highest BCUT2D eigenvalue weighted by atomic mass is 127. The van der Waals surface area contributed by atoms with E-state index in [1.807, 2.05) is 71.1 Å². The first-order chi connectivity index (χ1) is 12.6. The minimum absolute atomic E-state index is 0.168. The van der Waals surface area contributed by atoms with Gasteiger partial charge in [0, 0.05) is 22.4 Å². The fraction of sp³-hybridized carbons (Fsp3) is 0. The van der Waals surface area contributed by atoms with Gasteiger partial charge in [0.05, 0.1) is 9.26 Å². The molecule has 1 N–H and O–H groups in total. The Bertz CT molecular complexity index is 1090. The van der Waals surface area contributed by atoms with E-state index in [1.54, 1.807) is 18.3 Å². The monoisotopic (exact) mass is 474 g/mol. The number of rotatable bonds is 3. The van der Waals surface area contributed by atoms with Gasteiger partial charge in [-0.05, 0) is 71.1 Å². The molecule has 0 unspecified atom stereocenters. The maximum atomic E-state index is 10.1. The second kappa shape index (κ2) is 7.09. The topological polar surface area (TPSA) is 58.6 Å². The number of aliphatic imine (C=N–C) groups is 1. The molecule has 4 nitrogen and oxygen atoms in total. The van der Waals surface area contributed by atoms with Crippen LogP contribution in [0.25, 0.3) is 22.6 Å². The summed E-state index contributed by atoms with van der Waals surface area (Å²) in [5, 5.41) is 10.6. The lowest BCUT2D eigenvalue weighted by Crippen LogP contribution is -1.86. The zero-order chi connectivity index (χ0) is 18.1. The fourth-order valence-electron chi connectivity index (χ4n) is 2.51. The number of aromatic nitrogens is 1. The van der Waals surface area contributed by atoms with Crippen LogP contribution in [0.4, 0.5) is 5.69 Å². The zero-order valence-electron chi connectivity index (χ0n) is 13.4. The Labute approximate surface area is 168 Å². The maximum absolute atomic E-state index is 10.1. The van der Waals surface area contributed by atoms with Gasteiger partial charge in [-0.2, -0.15) is 0 Å². The second-order valence-electron chi connectivity index (χ2n) is 5.62. The van der Waals surface area contributed by atoms with Gasteiger partial charge in [0.1, 0.15) is 11.3 Å². The van der Waals surface area contributed by atoms with Crippen LogP contribution >= 0.6 is 34.2 Å². The Morgan fingerprint density at radius 3 is 2.62 bits per heavy atom. The van der Waals surface area contributed by atoms with Crippen LogP contribution in [-0.2, 0) is 0 Å². The molecule has 0 fully saturated rings. The Hall–Kier alpha value is -2.38. The molecule has 0 saturated carbocycles. The van der Waals surface area contributed by atoms with Gasteiger partial charge in [-0.3, -0.25) is 4.99 Å². The molecule has 0 radical (unpaired) electrons. The number of fused-ring (bicyclic) bond motifs is 1. The molecule has 0 amide bonds. The van der Waals surface area contributed by atoms with Crippen LogP contribution in [0.15, 0.2) is 70.1 Å². The molecule has 1 aromatic heterocycles. The summed E-state index contributed by atoms with van der Waals surface area (Å²) in [6.45, 7) is 0. The normalized spacial score (nSPS) is 11.5. The Morgan fingerprint density at radius 1 is 1.08 bits per heavy atom. The fourth-order valence-corrected chi connectivity index (χ4v) is 3.57. The van der Waals surface area contributed by atoms with Gasteiger partial charge in [-0.15, -0.1) is 0 Å². The molecule has 0 bridgehead atoms. The van der Waals surface area contributed by atoms with Gasteiger partial charge >= 0.3 is 0 Å². The number of phenolic OH excluding ortho intramolecular Hbond substituents is 1.